The monoisotopic (exact) mass is 278 g/mol. The van der Waals surface area contributed by atoms with Crippen molar-refractivity contribution in [3.63, 3.8) is 0 Å². The summed E-state index contributed by atoms with van der Waals surface area (Å²) in [6.45, 7) is 1.39. The van der Waals surface area contributed by atoms with Crippen molar-refractivity contribution in [2.75, 3.05) is 18.5 Å². The predicted molar refractivity (Wildman–Crippen MR) is 77.5 cm³/mol. The van der Waals surface area contributed by atoms with E-state index in [1.165, 1.54) is 32.1 Å². The first-order valence-electron chi connectivity index (χ1n) is 6.85. The molecule has 1 fully saturated rings. The lowest BCUT2D eigenvalue weighted by Gasteiger charge is -2.22. The molecule has 0 amide bonds. The summed E-state index contributed by atoms with van der Waals surface area (Å²) in [6, 6.07) is 7.43. The standard InChI is InChI=1S/C15H19ClN2O/c16-13-6-7-15(12(10-13)11-17)18-8-9-19-14-4-2-1-3-5-14/h6-7,10,14,18H,1-5,8-9H2. The molecule has 0 radical (unpaired) electrons. The molecular formula is C15H19ClN2O. The van der Waals surface area contributed by atoms with E-state index in [1.54, 1.807) is 12.1 Å². The predicted octanol–water partition coefficient (Wildman–Crippen LogP) is 3.97. The smallest absolute Gasteiger partial charge is 0.101 e. The number of anilines is 1. The van der Waals surface area contributed by atoms with Crippen molar-refractivity contribution >= 4 is 17.3 Å². The lowest BCUT2D eigenvalue weighted by molar-refractivity contribution is 0.0347. The van der Waals surface area contributed by atoms with Gasteiger partial charge in [-0.15, -0.1) is 0 Å². The maximum atomic E-state index is 9.02. The average Bonchev–Trinajstić information content (AvgIpc) is 2.46. The van der Waals surface area contributed by atoms with Crippen LogP contribution in [0.5, 0.6) is 0 Å². The van der Waals surface area contributed by atoms with Gasteiger partial charge in [0.15, 0.2) is 0 Å². The van der Waals surface area contributed by atoms with Crippen LogP contribution in [0.15, 0.2) is 18.2 Å². The first kappa shape index (κ1) is 14.2. The summed E-state index contributed by atoms with van der Waals surface area (Å²) in [5.74, 6) is 0. The molecule has 3 nitrogen and oxygen atoms in total. The number of nitriles is 1. The second-order valence-electron chi connectivity index (χ2n) is 4.86. The minimum atomic E-state index is 0.427. The van der Waals surface area contributed by atoms with Crippen LogP contribution in [0.1, 0.15) is 37.7 Å². The Morgan fingerprint density at radius 1 is 1.32 bits per heavy atom. The van der Waals surface area contributed by atoms with Crippen LogP contribution in [0.4, 0.5) is 5.69 Å². The largest absolute Gasteiger partial charge is 0.382 e. The van der Waals surface area contributed by atoms with E-state index in [9.17, 15) is 0 Å². The van der Waals surface area contributed by atoms with E-state index >= 15 is 0 Å². The van der Waals surface area contributed by atoms with E-state index in [0.29, 0.717) is 29.8 Å². The molecule has 102 valence electrons. The van der Waals surface area contributed by atoms with Gasteiger partial charge >= 0.3 is 0 Å². The number of ether oxygens (including phenoxy) is 1. The zero-order chi connectivity index (χ0) is 13.5. The molecule has 1 N–H and O–H groups in total. The number of hydrogen-bond acceptors (Lipinski definition) is 3. The molecule has 0 unspecified atom stereocenters. The van der Waals surface area contributed by atoms with Crippen LogP contribution in [0.25, 0.3) is 0 Å². The molecule has 0 aliphatic heterocycles. The summed E-state index contributed by atoms with van der Waals surface area (Å²) in [7, 11) is 0. The second-order valence-corrected chi connectivity index (χ2v) is 5.30. The Morgan fingerprint density at radius 3 is 2.84 bits per heavy atom. The summed E-state index contributed by atoms with van der Waals surface area (Å²) in [5, 5.41) is 12.8. The quantitative estimate of drug-likeness (QED) is 0.829. The molecule has 1 aliphatic rings. The summed E-state index contributed by atoms with van der Waals surface area (Å²) in [6.07, 6.45) is 6.71. The number of halogens is 1. The lowest BCUT2D eigenvalue weighted by atomic mass is 9.98. The Hall–Kier alpha value is -1.24. The van der Waals surface area contributed by atoms with Gasteiger partial charge in [0.25, 0.3) is 0 Å². The van der Waals surface area contributed by atoms with Crippen LogP contribution in [0.2, 0.25) is 5.02 Å². The molecule has 0 spiro atoms. The van der Waals surface area contributed by atoms with Crippen LogP contribution in [0, 0.1) is 11.3 Å². The highest BCUT2D eigenvalue weighted by molar-refractivity contribution is 6.30. The highest BCUT2D eigenvalue weighted by Gasteiger charge is 2.13. The zero-order valence-electron chi connectivity index (χ0n) is 11.0. The fourth-order valence-corrected chi connectivity index (χ4v) is 2.58. The Morgan fingerprint density at radius 2 is 2.11 bits per heavy atom. The molecule has 4 heteroatoms. The molecule has 1 aromatic carbocycles. The van der Waals surface area contributed by atoms with Gasteiger partial charge in [-0.3, -0.25) is 0 Å². The number of nitrogens with one attached hydrogen (secondary N) is 1. The number of hydrogen-bond donors (Lipinski definition) is 1. The molecular weight excluding hydrogens is 260 g/mol. The van der Waals surface area contributed by atoms with Crippen LogP contribution in [-0.4, -0.2) is 19.3 Å². The average molecular weight is 279 g/mol. The Balaban J connectivity index is 1.75. The molecule has 0 bridgehead atoms. The molecule has 0 aromatic heterocycles. The number of benzene rings is 1. The van der Waals surface area contributed by atoms with Gasteiger partial charge in [0.1, 0.15) is 6.07 Å². The summed E-state index contributed by atoms with van der Waals surface area (Å²) in [5.41, 5.74) is 1.39. The summed E-state index contributed by atoms with van der Waals surface area (Å²) < 4.78 is 5.83. The van der Waals surface area contributed by atoms with Crippen LogP contribution in [0.3, 0.4) is 0 Å². The van der Waals surface area contributed by atoms with Crippen molar-refractivity contribution in [2.45, 2.75) is 38.2 Å². The van der Waals surface area contributed by atoms with E-state index in [-0.39, 0.29) is 0 Å². The third kappa shape index (κ3) is 4.41. The highest BCUT2D eigenvalue weighted by atomic mass is 35.5. The van der Waals surface area contributed by atoms with Crippen molar-refractivity contribution < 1.29 is 4.74 Å². The van der Waals surface area contributed by atoms with Gasteiger partial charge in [0, 0.05) is 11.6 Å². The normalized spacial score (nSPS) is 16.0. The third-order valence-corrected chi connectivity index (χ3v) is 3.66. The molecule has 0 saturated heterocycles. The van der Waals surface area contributed by atoms with Gasteiger partial charge < -0.3 is 10.1 Å². The molecule has 1 aromatic rings. The van der Waals surface area contributed by atoms with Gasteiger partial charge in [0.2, 0.25) is 0 Å². The van der Waals surface area contributed by atoms with E-state index in [2.05, 4.69) is 11.4 Å². The summed E-state index contributed by atoms with van der Waals surface area (Å²) in [4.78, 5) is 0. The third-order valence-electron chi connectivity index (χ3n) is 3.43. The molecule has 0 atom stereocenters. The van der Waals surface area contributed by atoms with E-state index in [0.717, 1.165) is 5.69 Å². The molecule has 1 aliphatic carbocycles. The molecule has 0 heterocycles. The van der Waals surface area contributed by atoms with Gasteiger partial charge in [-0.25, -0.2) is 0 Å². The number of rotatable bonds is 5. The maximum Gasteiger partial charge on any atom is 0.101 e. The maximum absolute atomic E-state index is 9.02. The topological polar surface area (TPSA) is 45.0 Å². The first-order valence-corrected chi connectivity index (χ1v) is 7.22. The zero-order valence-corrected chi connectivity index (χ0v) is 11.7. The van der Waals surface area contributed by atoms with Crippen molar-refractivity contribution in [1.29, 1.82) is 5.26 Å². The fourth-order valence-electron chi connectivity index (χ4n) is 2.41. The fraction of sp³-hybridized carbons (Fsp3) is 0.533. The molecule has 19 heavy (non-hydrogen) atoms. The van der Waals surface area contributed by atoms with Crippen LogP contribution < -0.4 is 5.32 Å². The van der Waals surface area contributed by atoms with E-state index in [1.807, 2.05) is 6.07 Å². The molecule has 1 saturated carbocycles. The first-order chi connectivity index (χ1) is 9.29. The van der Waals surface area contributed by atoms with Gasteiger partial charge in [-0.05, 0) is 31.0 Å². The highest BCUT2D eigenvalue weighted by Crippen LogP contribution is 2.21. The Labute approximate surface area is 119 Å². The summed E-state index contributed by atoms with van der Waals surface area (Å²) >= 11 is 5.85. The van der Waals surface area contributed by atoms with Crippen molar-refractivity contribution in [3.05, 3.63) is 28.8 Å². The lowest BCUT2D eigenvalue weighted by Crippen LogP contribution is -2.20. The van der Waals surface area contributed by atoms with Crippen LogP contribution in [-0.2, 0) is 4.74 Å². The Kier molecular flexibility index (Phi) is 5.50. The Bertz CT molecular complexity index is 450. The second kappa shape index (κ2) is 7.37. The minimum absolute atomic E-state index is 0.427. The van der Waals surface area contributed by atoms with Crippen LogP contribution >= 0.6 is 11.6 Å². The minimum Gasteiger partial charge on any atom is -0.382 e. The van der Waals surface area contributed by atoms with E-state index in [4.69, 9.17) is 21.6 Å². The number of nitrogens with zero attached hydrogens (tertiary/aromatic N) is 1. The van der Waals surface area contributed by atoms with Gasteiger partial charge in [0.05, 0.1) is 24.0 Å². The van der Waals surface area contributed by atoms with Crippen molar-refractivity contribution in [1.82, 2.24) is 0 Å². The van der Waals surface area contributed by atoms with Crippen molar-refractivity contribution in [3.8, 4) is 6.07 Å². The van der Waals surface area contributed by atoms with Crippen molar-refractivity contribution in [2.24, 2.45) is 0 Å². The SMILES string of the molecule is N#Cc1cc(Cl)ccc1NCCOC1CCCCC1. The van der Waals surface area contributed by atoms with E-state index < -0.39 is 0 Å². The molecule has 2 rings (SSSR count). The van der Waals surface area contributed by atoms with Gasteiger partial charge in [-0.1, -0.05) is 30.9 Å². The van der Waals surface area contributed by atoms with Gasteiger partial charge in [-0.2, -0.15) is 5.26 Å².